The monoisotopic (exact) mass is 257 g/mol. The highest BCUT2D eigenvalue weighted by Crippen LogP contribution is 2.05. The van der Waals surface area contributed by atoms with Crippen molar-refractivity contribution in [1.29, 1.82) is 0 Å². The van der Waals surface area contributed by atoms with Crippen LogP contribution < -0.4 is 16.6 Å². The highest BCUT2D eigenvalue weighted by Gasteiger charge is 2.06. The molecule has 98 valence electrons. The number of nitrogens with two attached hydrogens (primary N) is 1. The van der Waals surface area contributed by atoms with Crippen molar-refractivity contribution in [1.82, 2.24) is 10.3 Å². The first-order valence-corrected chi connectivity index (χ1v) is 5.89. The number of H-pyrrole nitrogens is 1. The van der Waals surface area contributed by atoms with Crippen molar-refractivity contribution in [3.8, 4) is 0 Å². The predicted octanol–water partition coefficient (Wildman–Crippen LogP) is 1.20. The summed E-state index contributed by atoms with van der Waals surface area (Å²) in [5.41, 5.74) is 7.79. The van der Waals surface area contributed by atoms with Gasteiger partial charge in [-0.15, -0.1) is 0 Å². The number of nitrogens with one attached hydrogen (secondary N) is 2. The molecule has 1 amide bonds. The largest absolute Gasteiger partial charge is 0.399 e. The summed E-state index contributed by atoms with van der Waals surface area (Å²) in [6, 6.07) is 10.1. The van der Waals surface area contributed by atoms with Gasteiger partial charge >= 0.3 is 0 Å². The van der Waals surface area contributed by atoms with E-state index in [1.165, 1.54) is 0 Å². The van der Waals surface area contributed by atoms with E-state index in [1.807, 2.05) is 0 Å². The van der Waals surface area contributed by atoms with Gasteiger partial charge in [0.05, 0.1) is 0 Å². The lowest BCUT2D eigenvalue weighted by atomic mass is 10.2. The third-order valence-electron chi connectivity index (χ3n) is 2.75. The zero-order chi connectivity index (χ0) is 13.8. The summed E-state index contributed by atoms with van der Waals surface area (Å²) < 4.78 is 0. The second kappa shape index (κ2) is 5.39. The van der Waals surface area contributed by atoms with Crippen molar-refractivity contribution in [3.63, 3.8) is 0 Å². The number of pyridine rings is 1. The summed E-state index contributed by atoms with van der Waals surface area (Å²) >= 11 is 0. The van der Waals surface area contributed by atoms with Crippen molar-refractivity contribution in [3.05, 3.63) is 63.6 Å². The number of benzene rings is 1. The van der Waals surface area contributed by atoms with Gasteiger partial charge in [-0.25, -0.2) is 0 Å². The van der Waals surface area contributed by atoms with E-state index >= 15 is 0 Å². The number of hydrogen-bond donors (Lipinski definition) is 3. The van der Waals surface area contributed by atoms with Gasteiger partial charge in [0.2, 0.25) is 0 Å². The number of amides is 1. The molecule has 0 bridgehead atoms. The first kappa shape index (κ1) is 12.9. The Hall–Kier alpha value is -2.56. The lowest BCUT2D eigenvalue weighted by Crippen LogP contribution is -2.26. The fourth-order valence-corrected chi connectivity index (χ4v) is 1.65. The first-order valence-electron chi connectivity index (χ1n) is 5.89. The Bertz CT molecular complexity index is 644. The summed E-state index contributed by atoms with van der Waals surface area (Å²) in [4.78, 5) is 26.1. The number of anilines is 1. The lowest BCUT2D eigenvalue weighted by Gasteiger charge is -2.05. The van der Waals surface area contributed by atoms with Gasteiger partial charge in [-0.05, 0) is 37.3 Å². The van der Waals surface area contributed by atoms with Crippen molar-refractivity contribution in [2.24, 2.45) is 0 Å². The molecule has 0 unspecified atom stereocenters. The second-order valence-corrected chi connectivity index (χ2v) is 4.30. The van der Waals surface area contributed by atoms with E-state index in [0.29, 0.717) is 16.8 Å². The third kappa shape index (κ3) is 3.22. The van der Waals surface area contributed by atoms with E-state index in [9.17, 15) is 9.59 Å². The average Bonchev–Trinajstić information content (AvgIpc) is 2.38. The molecule has 0 radical (unpaired) electrons. The van der Waals surface area contributed by atoms with Crippen LogP contribution in [0.25, 0.3) is 0 Å². The number of nitrogen functional groups attached to an aromatic ring is 1. The quantitative estimate of drug-likeness (QED) is 0.722. The van der Waals surface area contributed by atoms with E-state index in [1.54, 1.807) is 43.3 Å². The SMILES string of the molecule is Cc1ccc(CNC(=O)c2ccc(N)cc2)c(=O)[nH]1. The van der Waals surface area contributed by atoms with E-state index in [2.05, 4.69) is 10.3 Å². The van der Waals surface area contributed by atoms with Gasteiger partial charge in [-0.3, -0.25) is 9.59 Å². The molecule has 1 aromatic heterocycles. The Morgan fingerprint density at radius 3 is 2.53 bits per heavy atom. The highest BCUT2D eigenvalue weighted by atomic mass is 16.1. The number of aryl methyl sites for hydroxylation is 1. The van der Waals surface area contributed by atoms with Crippen LogP contribution in [-0.2, 0) is 6.54 Å². The Balaban J connectivity index is 2.04. The van der Waals surface area contributed by atoms with Crippen LogP contribution in [0.15, 0.2) is 41.2 Å². The highest BCUT2D eigenvalue weighted by molar-refractivity contribution is 5.94. The van der Waals surface area contributed by atoms with Gasteiger partial charge in [0, 0.05) is 29.1 Å². The molecule has 0 fully saturated rings. The minimum atomic E-state index is -0.236. The maximum atomic E-state index is 11.8. The second-order valence-electron chi connectivity index (χ2n) is 4.30. The summed E-state index contributed by atoms with van der Waals surface area (Å²) in [6.45, 7) is 2.00. The molecule has 0 aliphatic rings. The smallest absolute Gasteiger partial charge is 0.253 e. The molecule has 2 rings (SSSR count). The van der Waals surface area contributed by atoms with Crippen molar-refractivity contribution in [2.45, 2.75) is 13.5 Å². The van der Waals surface area contributed by atoms with Gasteiger partial charge < -0.3 is 16.0 Å². The van der Waals surface area contributed by atoms with Crippen LogP contribution in [0.3, 0.4) is 0 Å². The number of hydrogen-bond acceptors (Lipinski definition) is 3. The molecule has 0 spiro atoms. The molecule has 4 N–H and O–H groups in total. The maximum absolute atomic E-state index is 11.8. The zero-order valence-electron chi connectivity index (χ0n) is 10.6. The molecule has 5 heteroatoms. The fourth-order valence-electron chi connectivity index (χ4n) is 1.65. The van der Waals surface area contributed by atoms with Crippen molar-refractivity contribution < 1.29 is 4.79 Å². The van der Waals surface area contributed by atoms with Gasteiger partial charge in [0.25, 0.3) is 11.5 Å². The number of carbonyl (C=O) groups excluding carboxylic acids is 1. The van der Waals surface area contributed by atoms with Gasteiger partial charge in [0.1, 0.15) is 0 Å². The summed E-state index contributed by atoms with van der Waals surface area (Å²) in [6.07, 6.45) is 0. The van der Waals surface area contributed by atoms with E-state index < -0.39 is 0 Å². The number of aromatic nitrogens is 1. The molecular formula is C14H15N3O2. The molecule has 19 heavy (non-hydrogen) atoms. The minimum absolute atomic E-state index is 0.183. The molecule has 0 aliphatic carbocycles. The third-order valence-corrected chi connectivity index (χ3v) is 2.75. The van der Waals surface area contributed by atoms with Crippen LogP contribution in [0.4, 0.5) is 5.69 Å². The van der Waals surface area contributed by atoms with Crippen molar-refractivity contribution >= 4 is 11.6 Å². The first-order chi connectivity index (χ1) is 9.06. The zero-order valence-corrected chi connectivity index (χ0v) is 10.6. The number of rotatable bonds is 3. The Kier molecular flexibility index (Phi) is 3.66. The molecule has 2 aromatic rings. The van der Waals surface area contributed by atoms with Crippen molar-refractivity contribution in [2.75, 3.05) is 5.73 Å². The summed E-state index contributed by atoms with van der Waals surface area (Å²) in [7, 11) is 0. The predicted molar refractivity (Wildman–Crippen MR) is 73.8 cm³/mol. The van der Waals surface area contributed by atoms with Crippen LogP contribution in [0, 0.1) is 6.92 Å². The Morgan fingerprint density at radius 1 is 1.21 bits per heavy atom. The average molecular weight is 257 g/mol. The van der Waals surface area contributed by atoms with Crippen LogP contribution in [-0.4, -0.2) is 10.9 Å². The molecule has 5 nitrogen and oxygen atoms in total. The van der Waals surface area contributed by atoms with Gasteiger partial charge in [0.15, 0.2) is 0 Å². The summed E-state index contributed by atoms with van der Waals surface area (Å²) in [5.74, 6) is -0.236. The fraction of sp³-hybridized carbons (Fsp3) is 0.143. The Labute approximate surface area is 110 Å². The molecule has 1 aromatic carbocycles. The normalized spacial score (nSPS) is 10.2. The maximum Gasteiger partial charge on any atom is 0.253 e. The van der Waals surface area contributed by atoms with E-state index in [0.717, 1.165) is 5.69 Å². The standard InChI is InChI=1S/C14H15N3O2/c1-9-2-3-11(14(19)17-9)8-16-13(18)10-4-6-12(15)7-5-10/h2-7H,8,15H2,1H3,(H,16,18)(H,17,19). The molecular weight excluding hydrogens is 242 g/mol. The lowest BCUT2D eigenvalue weighted by molar-refractivity contribution is 0.0951. The number of carbonyl (C=O) groups is 1. The van der Waals surface area contributed by atoms with E-state index in [4.69, 9.17) is 5.73 Å². The van der Waals surface area contributed by atoms with Crippen LogP contribution in [0.2, 0.25) is 0 Å². The van der Waals surface area contributed by atoms with Crippen LogP contribution in [0.5, 0.6) is 0 Å². The molecule has 0 atom stereocenters. The Morgan fingerprint density at radius 2 is 1.89 bits per heavy atom. The molecule has 0 saturated carbocycles. The molecule has 1 heterocycles. The van der Waals surface area contributed by atoms with E-state index in [-0.39, 0.29) is 18.0 Å². The summed E-state index contributed by atoms with van der Waals surface area (Å²) in [5, 5.41) is 2.70. The molecule has 0 aliphatic heterocycles. The van der Waals surface area contributed by atoms with Gasteiger partial charge in [-0.2, -0.15) is 0 Å². The van der Waals surface area contributed by atoms with Gasteiger partial charge in [-0.1, -0.05) is 6.07 Å². The topological polar surface area (TPSA) is 88.0 Å². The molecule has 0 saturated heterocycles. The van der Waals surface area contributed by atoms with Crippen LogP contribution in [0.1, 0.15) is 21.6 Å². The van der Waals surface area contributed by atoms with Crippen LogP contribution >= 0.6 is 0 Å². The number of aromatic amines is 1. The minimum Gasteiger partial charge on any atom is -0.399 e.